The van der Waals surface area contributed by atoms with Gasteiger partial charge in [0.1, 0.15) is 5.75 Å². The predicted molar refractivity (Wildman–Crippen MR) is 145 cm³/mol. The Labute approximate surface area is 223 Å². The van der Waals surface area contributed by atoms with Gasteiger partial charge in [-0.2, -0.15) is 5.10 Å². The van der Waals surface area contributed by atoms with Crippen LogP contribution in [0.3, 0.4) is 0 Å². The van der Waals surface area contributed by atoms with Crippen molar-refractivity contribution in [3.63, 3.8) is 0 Å². The van der Waals surface area contributed by atoms with Crippen molar-refractivity contribution >= 4 is 58.0 Å². The van der Waals surface area contributed by atoms with Crippen LogP contribution in [0.4, 0.5) is 0 Å². The lowest BCUT2D eigenvalue weighted by Crippen LogP contribution is -2.35. The largest absolute Gasteiger partial charge is 0.422 e. The number of ether oxygens (including phenoxy) is 1. The molecule has 0 fully saturated rings. The summed E-state index contributed by atoms with van der Waals surface area (Å²) in [7, 11) is 0. The molecule has 37 heavy (non-hydrogen) atoms. The molecule has 2 N–H and O–H groups in total. The molecular weight excluding hydrogens is 513 g/mol. The van der Waals surface area contributed by atoms with Crippen LogP contribution in [-0.2, 0) is 4.79 Å². The number of carbonyl (C=O) groups excluding carboxylic acids is 3. The molecule has 0 heterocycles. The van der Waals surface area contributed by atoms with Crippen LogP contribution < -0.4 is 15.5 Å². The first-order chi connectivity index (χ1) is 17.8. The van der Waals surface area contributed by atoms with Gasteiger partial charge in [-0.1, -0.05) is 71.7 Å². The van der Waals surface area contributed by atoms with Gasteiger partial charge >= 0.3 is 5.97 Å². The van der Waals surface area contributed by atoms with Crippen LogP contribution in [0.25, 0.3) is 10.8 Å². The molecule has 186 valence electrons. The highest BCUT2D eigenvalue weighted by molar-refractivity contribution is 6.36. The van der Waals surface area contributed by atoms with Gasteiger partial charge in [0.2, 0.25) is 0 Å². The number of fused-ring (bicyclic) bond motifs is 1. The molecule has 4 aromatic rings. The lowest BCUT2D eigenvalue weighted by Gasteiger charge is -2.11. The maximum atomic E-state index is 12.8. The van der Waals surface area contributed by atoms with E-state index in [2.05, 4.69) is 15.8 Å². The summed E-state index contributed by atoms with van der Waals surface area (Å²) in [5, 5.41) is 8.77. The topological polar surface area (TPSA) is 96.9 Å². The predicted octanol–water partition coefficient (Wildman–Crippen LogP) is 5.55. The minimum atomic E-state index is -0.672. The van der Waals surface area contributed by atoms with Crippen molar-refractivity contribution in [3.05, 3.63) is 111 Å². The number of esters is 1. The molecule has 9 heteroatoms. The van der Waals surface area contributed by atoms with Crippen LogP contribution in [-0.4, -0.2) is 30.5 Å². The number of hydrogen-bond donors (Lipinski definition) is 2. The second-order valence-corrected chi connectivity index (χ2v) is 8.85. The number of amides is 2. The van der Waals surface area contributed by atoms with E-state index in [4.69, 9.17) is 27.9 Å². The Kier molecular flexibility index (Phi) is 8.18. The van der Waals surface area contributed by atoms with Gasteiger partial charge in [-0.15, -0.1) is 0 Å². The summed E-state index contributed by atoms with van der Waals surface area (Å²) in [5.41, 5.74) is 4.30. The smallest absolute Gasteiger partial charge is 0.345 e. The van der Waals surface area contributed by atoms with E-state index in [9.17, 15) is 14.4 Å². The molecule has 0 aliphatic carbocycles. The fraction of sp³-hybridized carbons (Fsp3) is 0.0714. The number of halogens is 2. The first kappa shape index (κ1) is 25.9. The van der Waals surface area contributed by atoms with Crippen LogP contribution >= 0.6 is 23.2 Å². The van der Waals surface area contributed by atoms with Crippen molar-refractivity contribution in [2.24, 2.45) is 5.10 Å². The molecule has 0 aromatic heterocycles. The third kappa shape index (κ3) is 6.33. The third-order valence-electron chi connectivity index (χ3n) is 5.47. The zero-order valence-electron chi connectivity index (χ0n) is 19.6. The molecule has 0 saturated carbocycles. The summed E-state index contributed by atoms with van der Waals surface area (Å²) in [5.74, 6) is -1.33. The normalized spacial score (nSPS) is 10.9. The standard InChI is InChI=1S/C28H21Cl2N3O4/c1-17-6-2-4-8-20(17)27(35)31-16-26(34)33-32-15-23-21-9-5-3-7-18(21)10-13-25(23)37-28(36)22-12-11-19(29)14-24(22)30/h2-15H,16H2,1H3,(H,31,35)(H,33,34). The van der Waals surface area contributed by atoms with Crippen LogP contribution in [0.5, 0.6) is 5.75 Å². The zero-order chi connectivity index (χ0) is 26.4. The van der Waals surface area contributed by atoms with E-state index in [1.165, 1.54) is 18.3 Å². The van der Waals surface area contributed by atoms with E-state index >= 15 is 0 Å². The number of benzene rings is 4. The van der Waals surface area contributed by atoms with Gasteiger partial charge in [-0.05, 0) is 53.6 Å². The van der Waals surface area contributed by atoms with Gasteiger partial charge < -0.3 is 10.1 Å². The summed E-state index contributed by atoms with van der Waals surface area (Å²) in [6.45, 7) is 1.55. The highest BCUT2D eigenvalue weighted by Gasteiger charge is 2.17. The first-order valence-electron chi connectivity index (χ1n) is 11.2. The van der Waals surface area contributed by atoms with Crippen LogP contribution in [0.1, 0.15) is 31.8 Å². The van der Waals surface area contributed by atoms with Crippen molar-refractivity contribution in [3.8, 4) is 5.75 Å². The molecule has 0 radical (unpaired) electrons. The molecule has 2 amide bonds. The highest BCUT2D eigenvalue weighted by Crippen LogP contribution is 2.29. The molecule has 0 unspecified atom stereocenters. The molecule has 0 spiro atoms. The van der Waals surface area contributed by atoms with Crippen molar-refractivity contribution in [2.75, 3.05) is 6.54 Å². The zero-order valence-corrected chi connectivity index (χ0v) is 21.1. The Balaban J connectivity index is 1.49. The van der Waals surface area contributed by atoms with Gasteiger partial charge in [0.25, 0.3) is 11.8 Å². The second-order valence-electron chi connectivity index (χ2n) is 8.00. The molecule has 4 aromatic carbocycles. The number of hydrazone groups is 1. The SMILES string of the molecule is Cc1ccccc1C(=O)NCC(=O)NN=Cc1c(OC(=O)c2ccc(Cl)cc2Cl)ccc2ccccc12. The fourth-order valence-electron chi connectivity index (χ4n) is 3.60. The summed E-state index contributed by atoms with van der Waals surface area (Å²) >= 11 is 12.1. The number of carbonyl (C=O) groups is 3. The van der Waals surface area contributed by atoms with Crippen LogP contribution in [0.15, 0.2) is 84.0 Å². The van der Waals surface area contributed by atoms with Crippen molar-refractivity contribution < 1.29 is 19.1 Å². The minimum Gasteiger partial charge on any atom is -0.422 e. The molecule has 0 bridgehead atoms. The van der Waals surface area contributed by atoms with Gasteiger partial charge in [-0.3, -0.25) is 9.59 Å². The molecular formula is C28H21Cl2N3O4. The minimum absolute atomic E-state index is 0.153. The first-order valence-corrected chi connectivity index (χ1v) is 11.9. The maximum Gasteiger partial charge on any atom is 0.345 e. The van der Waals surface area contributed by atoms with E-state index in [0.717, 1.165) is 16.3 Å². The molecule has 0 saturated heterocycles. The van der Waals surface area contributed by atoms with E-state index in [0.29, 0.717) is 16.1 Å². The number of nitrogens with zero attached hydrogens (tertiary/aromatic N) is 1. The van der Waals surface area contributed by atoms with Crippen LogP contribution in [0, 0.1) is 6.92 Å². The molecule has 0 aliphatic rings. The number of nitrogens with one attached hydrogen (secondary N) is 2. The Bertz CT molecular complexity index is 1540. The van der Waals surface area contributed by atoms with E-state index in [1.54, 1.807) is 30.3 Å². The average molecular weight is 534 g/mol. The van der Waals surface area contributed by atoms with Gasteiger partial charge in [0.05, 0.1) is 23.3 Å². The van der Waals surface area contributed by atoms with E-state index < -0.39 is 11.9 Å². The molecule has 7 nitrogen and oxygen atoms in total. The quantitative estimate of drug-likeness (QED) is 0.141. The lowest BCUT2D eigenvalue weighted by atomic mass is 10.0. The van der Waals surface area contributed by atoms with E-state index in [1.807, 2.05) is 43.3 Å². The monoisotopic (exact) mass is 533 g/mol. The second kappa shape index (κ2) is 11.7. The Morgan fingerprint density at radius 3 is 2.46 bits per heavy atom. The summed E-state index contributed by atoms with van der Waals surface area (Å²) in [4.78, 5) is 37.4. The van der Waals surface area contributed by atoms with Gasteiger partial charge in [-0.25, -0.2) is 10.2 Å². The maximum absolute atomic E-state index is 12.8. The lowest BCUT2D eigenvalue weighted by molar-refractivity contribution is -0.120. The van der Waals surface area contributed by atoms with Crippen molar-refractivity contribution in [2.45, 2.75) is 6.92 Å². The molecule has 0 aliphatic heterocycles. The van der Waals surface area contributed by atoms with Gasteiger partial charge in [0, 0.05) is 16.1 Å². The Morgan fingerprint density at radius 2 is 1.68 bits per heavy atom. The number of hydrogen-bond acceptors (Lipinski definition) is 5. The highest BCUT2D eigenvalue weighted by atomic mass is 35.5. The average Bonchev–Trinajstić information content (AvgIpc) is 2.88. The fourth-order valence-corrected chi connectivity index (χ4v) is 4.09. The molecule has 4 rings (SSSR count). The summed E-state index contributed by atoms with van der Waals surface area (Å²) in [6, 6.07) is 22.4. The number of aryl methyl sites for hydroxylation is 1. The summed E-state index contributed by atoms with van der Waals surface area (Å²) in [6.07, 6.45) is 1.38. The number of rotatable bonds is 7. The Hall–Kier alpha value is -4.20. The van der Waals surface area contributed by atoms with E-state index in [-0.39, 0.29) is 28.8 Å². The molecule has 0 atom stereocenters. The van der Waals surface area contributed by atoms with Crippen molar-refractivity contribution in [1.29, 1.82) is 0 Å². The van der Waals surface area contributed by atoms with Crippen molar-refractivity contribution in [1.82, 2.24) is 10.7 Å². The third-order valence-corrected chi connectivity index (χ3v) is 6.01. The van der Waals surface area contributed by atoms with Crippen LogP contribution in [0.2, 0.25) is 10.0 Å². The summed E-state index contributed by atoms with van der Waals surface area (Å²) < 4.78 is 5.63. The van der Waals surface area contributed by atoms with Gasteiger partial charge in [0.15, 0.2) is 0 Å². The Morgan fingerprint density at radius 1 is 0.919 bits per heavy atom.